The fraction of sp³-hybridized carbons (Fsp3) is 0.529. The molecule has 1 atom stereocenters. The number of nitrogens with zero attached hydrogens (tertiary/aromatic N) is 2. The molecule has 0 bridgehead atoms. The molecule has 0 aromatic heterocycles. The van der Waals surface area contributed by atoms with Crippen molar-refractivity contribution in [2.45, 2.75) is 26.3 Å². The van der Waals surface area contributed by atoms with Crippen molar-refractivity contribution < 1.29 is 19.1 Å². The van der Waals surface area contributed by atoms with Crippen molar-refractivity contribution in [3.63, 3.8) is 0 Å². The summed E-state index contributed by atoms with van der Waals surface area (Å²) in [5.74, 6) is 0.325. The summed E-state index contributed by atoms with van der Waals surface area (Å²) in [5.41, 5.74) is 0. The molecule has 0 aliphatic carbocycles. The van der Waals surface area contributed by atoms with E-state index in [1.165, 1.54) is 0 Å². The van der Waals surface area contributed by atoms with Crippen molar-refractivity contribution in [3.8, 4) is 5.75 Å². The summed E-state index contributed by atoms with van der Waals surface area (Å²) < 4.78 is 10.4. The maximum atomic E-state index is 12.2. The van der Waals surface area contributed by atoms with E-state index in [0.29, 0.717) is 32.0 Å². The van der Waals surface area contributed by atoms with Crippen molar-refractivity contribution in [2.24, 2.45) is 0 Å². The number of carbonyl (C=O) groups is 2. The maximum absolute atomic E-state index is 12.2. The van der Waals surface area contributed by atoms with Crippen molar-refractivity contribution in [1.29, 1.82) is 0 Å². The van der Waals surface area contributed by atoms with Gasteiger partial charge < -0.3 is 14.4 Å². The molecule has 0 radical (unpaired) electrons. The van der Waals surface area contributed by atoms with E-state index < -0.39 is 0 Å². The molecule has 1 amide bonds. The normalized spacial score (nSPS) is 17.2. The van der Waals surface area contributed by atoms with Gasteiger partial charge in [-0.05, 0) is 32.4 Å². The highest BCUT2D eigenvalue weighted by Crippen LogP contribution is 2.13. The predicted molar refractivity (Wildman–Crippen MR) is 86.3 cm³/mol. The molecule has 1 aromatic carbocycles. The van der Waals surface area contributed by atoms with Gasteiger partial charge in [-0.3, -0.25) is 9.69 Å². The predicted octanol–water partition coefficient (Wildman–Crippen LogP) is 2.14. The molecular weight excluding hydrogens is 296 g/mol. The number of esters is 1. The van der Waals surface area contributed by atoms with Gasteiger partial charge in [0.05, 0.1) is 6.61 Å². The highest BCUT2D eigenvalue weighted by molar-refractivity contribution is 5.75. The summed E-state index contributed by atoms with van der Waals surface area (Å²) >= 11 is 0. The summed E-state index contributed by atoms with van der Waals surface area (Å²) in [6.45, 7) is 6.57. The van der Waals surface area contributed by atoms with Gasteiger partial charge in [-0.25, -0.2) is 4.79 Å². The van der Waals surface area contributed by atoms with Crippen molar-refractivity contribution in [3.05, 3.63) is 30.3 Å². The number of benzene rings is 1. The van der Waals surface area contributed by atoms with E-state index in [1.807, 2.05) is 30.0 Å². The third-order valence-corrected chi connectivity index (χ3v) is 3.91. The van der Waals surface area contributed by atoms with Gasteiger partial charge in [-0.2, -0.15) is 0 Å². The molecule has 1 aromatic rings. The van der Waals surface area contributed by atoms with E-state index in [0.717, 1.165) is 13.0 Å². The minimum absolute atomic E-state index is 0.215. The average Bonchev–Trinajstić information content (AvgIpc) is 2.81. The summed E-state index contributed by atoms with van der Waals surface area (Å²) in [5, 5.41) is 0. The monoisotopic (exact) mass is 320 g/mol. The molecule has 1 fully saturated rings. The summed E-state index contributed by atoms with van der Waals surface area (Å²) in [7, 11) is 0. The van der Waals surface area contributed by atoms with Crippen LogP contribution in [0.2, 0.25) is 0 Å². The standard InChI is InChI=1S/C17H24N2O4/c1-3-22-16(20)14(2)18-10-7-11-19(13-12-18)17(21)23-15-8-5-4-6-9-15/h4-6,8-9,14H,3,7,10-13H2,1-2H3/t14-/m1/s1. The van der Waals surface area contributed by atoms with E-state index in [4.69, 9.17) is 9.47 Å². The average molecular weight is 320 g/mol. The van der Waals surface area contributed by atoms with Gasteiger partial charge in [0.2, 0.25) is 0 Å². The molecule has 1 saturated heterocycles. The molecule has 1 heterocycles. The van der Waals surface area contributed by atoms with Crippen LogP contribution < -0.4 is 4.74 Å². The fourth-order valence-corrected chi connectivity index (χ4v) is 2.57. The quantitative estimate of drug-likeness (QED) is 0.796. The van der Waals surface area contributed by atoms with Gasteiger partial charge in [-0.15, -0.1) is 0 Å². The van der Waals surface area contributed by atoms with E-state index in [9.17, 15) is 9.59 Å². The van der Waals surface area contributed by atoms with Crippen molar-refractivity contribution in [2.75, 3.05) is 32.8 Å². The highest BCUT2D eigenvalue weighted by Gasteiger charge is 2.27. The highest BCUT2D eigenvalue weighted by atomic mass is 16.6. The van der Waals surface area contributed by atoms with Gasteiger partial charge in [0.25, 0.3) is 0 Å². The lowest BCUT2D eigenvalue weighted by atomic mass is 10.2. The smallest absolute Gasteiger partial charge is 0.415 e. The molecule has 1 aliphatic heterocycles. The van der Waals surface area contributed by atoms with Crippen LogP contribution in [0.15, 0.2) is 30.3 Å². The molecule has 0 unspecified atom stereocenters. The van der Waals surface area contributed by atoms with E-state index in [-0.39, 0.29) is 18.1 Å². The Morgan fingerprint density at radius 2 is 1.87 bits per heavy atom. The molecule has 0 N–H and O–H groups in total. The molecular formula is C17H24N2O4. The number of carbonyl (C=O) groups excluding carboxylic acids is 2. The molecule has 23 heavy (non-hydrogen) atoms. The molecule has 0 spiro atoms. The summed E-state index contributed by atoms with van der Waals surface area (Å²) in [6.07, 6.45) is 0.454. The van der Waals surface area contributed by atoms with E-state index in [1.54, 1.807) is 24.0 Å². The van der Waals surface area contributed by atoms with Crippen molar-refractivity contribution >= 4 is 12.1 Å². The third kappa shape index (κ3) is 4.96. The summed E-state index contributed by atoms with van der Waals surface area (Å²) in [4.78, 5) is 27.8. The first-order chi connectivity index (χ1) is 11.1. The first-order valence-electron chi connectivity index (χ1n) is 8.04. The Morgan fingerprint density at radius 1 is 1.13 bits per heavy atom. The van der Waals surface area contributed by atoms with Gasteiger partial charge in [0, 0.05) is 26.2 Å². The maximum Gasteiger partial charge on any atom is 0.415 e. The second kappa shape index (κ2) is 8.53. The number of hydrogen-bond donors (Lipinski definition) is 0. The van der Waals surface area contributed by atoms with E-state index in [2.05, 4.69) is 0 Å². The molecule has 1 aliphatic rings. The zero-order valence-electron chi connectivity index (χ0n) is 13.7. The molecule has 6 heteroatoms. The summed E-state index contributed by atoms with van der Waals surface area (Å²) in [6, 6.07) is 8.75. The lowest BCUT2D eigenvalue weighted by Crippen LogP contribution is -2.43. The Morgan fingerprint density at radius 3 is 2.57 bits per heavy atom. The van der Waals surface area contributed by atoms with E-state index >= 15 is 0 Å². The van der Waals surface area contributed by atoms with Crippen LogP contribution in [-0.4, -0.2) is 60.7 Å². The van der Waals surface area contributed by atoms with Crippen LogP contribution in [0.1, 0.15) is 20.3 Å². The first kappa shape index (κ1) is 17.3. The zero-order chi connectivity index (χ0) is 16.7. The second-order valence-electron chi connectivity index (χ2n) is 5.49. The van der Waals surface area contributed by atoms with Crippen LogP contribution in [0.25, 0.3) is 0 Å². The zero-order valence-corrected chi connectivity index (χ0v) is 13.7. The van der Waals surface area contributed by atoms with Crippen LogP contribution >= 0.6 is 0 Å². The Balaban J connectivity index is 1.88. The number of hydrogen-bond acceptors (Lipinski definition) is 5. The third-order valence-electron chi connectivity index (χ3n) is 3.91. The number of ether oxygens (including phenoxy) is 2. The van der Waals surface area contributed by atoms with Crippen LogP contribution in [0, 0.1) is 0 Å². The fourth-order valence-electron chi connectivity index (χ4n) is 2.57. The van der Waals surface area contributed by atoms with Gasteiger partial charge in [0.15, 0.2) is 0 Å². The topological polar surface area (TPSA) is 59.1 Å². The Bertz CT molecular complexity index is 521. The SMILES string of the molecule is CCOC(=O)[C@@H](C)N1CCCN(C(=O)Oc2ccccc2)CC1. The van der Waals surface area contributed by atoms with Gasteiger partial charge in [0.1, 0.15) is 11.8 Å². The largest absolute Gasteiger partial charge is 0.465 e. The molecule has 0 saturated carbocycles. The van der Waals surface area contributed by atoms with Gasteiger partial charge in [-0.1, -0.05) is 18.2 Å². The lowest BCUT2D eigenvalue weighted by molar-refractivity contribution is -0.148. The second-order valence-corrected chi connectivity index (χ2v) is 5.49. The Hall–Kier alpha value is -2.08. The van der Waals surface area contributed by atoms with Crippen LogP contribution in [0.4, 0.5) is 4.79 Å². The van der Waals surface area contributed by atoms with Crippen LogP contribution in [-0.2, 0) is 9.53 Å². The molecule has 6 nitrogen and oxygen atoms in total. The van der Waals surface area contributed by atoms with Crippen LogP contribution in [0.3, 0.4) is 0 Å². The number of amides is 1. The molecule has 2 rings (SSSR count). The minimum Gasteiger partial charge on any atom is -0.465 e. The first-order valence-corrected chi connectivity index (χ1v) is 8.04. The number of rotatable bonds is 4. The minimum atomic E-state index is -0.346. The number of para-hydroxylation sites is 1. The Kier molecular flexibility index (Phi) is 6.40. The molecule has 126 valence electrons. The van der Waals surface area contributed by atoms with Gasteiger partial charge >= 0.3 is 12.1 Å². The van der Waals surface area contributed by atoms with Crippen molar-refractivity contribution in [1.82, 2.24) is 9.80 Å². The lowest BCUT2D eigenvalue weighted by Gasteiger charge is -2.26. The Labute approximate surface area is 137 Å². The van der Waals surface area contributed by atoms with Crippen LogP contribution in [0.5, 0.6) is 5.75 Å².